The van der Waals surface area contributed by atoms with Crippen molar-refractivity contribution in [3.05, 3.63) is 70.3 Å². The summed E-state index contributed by atoms with van der Waals surface area (Å²) in [7, 11) is 1.56. The molecule has 148 valence electrons. The number of hydrogen-bond acceptors (Lipinski definition) is 7. The SMILES string of the molecule is CNC(=O)CSc1nc(-c2ccccc2)c(NC(=O)c2cccc([N+](=O)[O-])c2)s1. The molecule has 0 aliphatic rings. The molecule has 0 fully saturated rings. The predicted molar refractivity (Wildman–Crippen MR) is 113 cm³/mol. The van der Waals surface area contributed by atoms with Crippen LogP contribution in [0.1, 0.15) is 10.4 Å². The van der Waals surface area contributed by atoms with E-state index in [0.29, 0.717) is 15.0 Å². The Kier molecular flexibility index (Phi) is 6.57. The second-order valence-corrected chi connectivity index (χ2v) is 7.97. The number of aromatic nitrogens is 1. The van der Waals surface area contributed by atoms with Crippen LogP contribution in [0, 0.1) is 10.1 Å². The molecule has 2 amide bonds. The lowest BCUT2D eigenvalue weighted by Gasteiger charge is -2.05. The van der Waals surface area contributed by atoms with E-state index in [0.717, 1.165) is 5.56 Å². The summed E-state index contributed by atoms with van der Waals surface area (Å²) in [6.07, 6.45) is 0. The lowest BCUT2D eigenvalue weighted by molar-refractivity contribution is -0.384. The van der Waals surface area contributed by atoms with E-state index in [-0.39, 0.29) is 22.9 Å². The van der Waals surface area contributed by atoms with Crippen LogP contribution >= 0.6 is 23.1 Å². The number of hydrogen-bond donors (Lipinski definition) is 2. The van der Waals surface area contributed by atoms with Crippen LogP contribution in [-0.4, -0.2) is 34.5 Å². The lowest BCUT2D eigenvalue weighted by Crippen LogP contribution is -2.19. The molecule has 0 bridgehead atoms. The zero-order valence-corrected chi connectivity index (χ0v) is 16.9. The summed E-state index contributed by atoms with van der Waals surface area (Å²) in [5.74, 6) is -0.401. The van der Waals surface area contributed by atoms with E-state index in [1.807, 2.05) is 30.3 Å². The molecule has 0 saturated carbocycles. The molecule has 0 unspecified atom stereocenters. The highest BCUT2D eigenvalue weighted by molar-refractivity contribution is 8.01. The first-order valence-electron chi connectivity index (χ1n) is 8.43. The Hall–Kier alpha value is -3.24. The zero-order chi connectivity index (χ0) is 20.8. The van der Waals surface area contributed by atoms with Gasteiger partial charge in [-0.25, -0.2) is 4.98 Å². The number of amides is 2. The van der Waals surface area contributed by atoms with E-state index >= 15 is 0 Å². The van der Waals surface area contributed by atoms with E-state index in [1.165, 1.54) is 47.4 Å². The average Bonchev–Trinajstić information content (AvgIpc) is 3.15. The van der Waals surface area contributed by atoms with E-state index in [4.69, 9.17) is 0 Å². The average molecular weight is 428 g/mol. The molecule has 0 aliphatic carbocycles. The number of anilines is 1. The third kappa shape index (κ3) is 5.18. The van der Waals surface area contributed by atoms with Crippen molar-refractivity contribution in [1.29, 1.82) is 0 Å². The van der Waals surface area contributed by atoms with Crippen LogP contribution in [0.5, 0.6) is 0 Å². The van der Waals surface area contributed by atoms with Crippen LogP contribution in [0.2, 0.25) is 0 Å². The van der Waals surface area contributed by atoms with Gasteiger partial charge in [-0.15, -0.1) is 0 Å². The van der Waals surface area contributed by atoms with Crippen molar-refractivity contribution in [2.75, 3.05) is 18.1 Å². The number of benzene rings is 2. The zero-order valence-electron chi connectivity index (χ0n) is 15.2. The fourth-order valence-corrected chi connectivity index (χ4v) is 4.31. The first kappa shape index (κ1) is 20.5. The summed E-state index contributed by atoms with van der Waals surface area (Å²) in [6, 6.07) is 14.8. The minimum atomic E-state index is -0.549. The first-order valence-corrected chi connectivity index (χ1v) is 10.2. The van der Waals surface area contributed by atoms with Gasteiger partial charge in [-0.05, 0) is 6.07 Å². The topological polar surface area (TPSA) is 114 Å². The van der Waals surface area contributed by atoms with E-state index in [2.05, 4.69) is 15.6 Å². The molecule has 1 heterocycles. The molecule has 0 spiro atoms. The van der Waals surface area contributed by atoms with Gasteiger partial charge >= 0.3 is 0 Å². The van der Waals surface area contributed by atoms with Crippen molar-refractivity contribution in [3.63, 3.8) is 0 Å². The van der Waals surface area contributed by atoms with E-state index in [1.54, 1.807) is 7.05 Å². The van der Waals surface area contributed by atoms with Crippen LogP contribution < -0.4 is 10.6 Å². The molecule has 0 radical (unpaired) electrons. The Balaban J connectivity index is 1.89. The highest BCUT2D eigenvalue weighted by Gasteiger charge is 2.18. The number of thioether (sulfide) groups is 1. The van der Waals surface area contributed by atoms with Gasteiger partial charge in [-0.1, -0.05) is 59.5 Å². The second kappa shape index (κ2) is 9.30. The standard InChI is InChI=1S/C19H16N4O4S2/c1-20-15(24)11-28-19-21-16(12-6-3-2-4-7-12)18(29-19)22-17(25)13-8-5-9-14(10-13)23(26)27/h2-10H,11H2,1H3,(H,20,24)(H,22,25). The lowest BCUT2D eigenvalue weighted by atomic mass is 10.1. The van der Waals surface area contributed by atoms with Crippen molar-refractivity contribution in [2.45, 2.75) is 4.34 Å². The molecule has 8 nitrogen and oxygen atoms in total. The normalized spacial score (nSPS) is 10.4. The van der Waals surface area contributed by atoms with Gasteiger partial charge in [0.05, 0.1) is 10.7 Å². The predicted octanol–water partition coefficient (Wildman–Crippen LogP) is 3.81. The molecule has 1 aromatic heterocycles. The Morgan fingerprint density at radius 1 is 1.17 bits per heavy atom. The Morgan fingerprint density at radius 2 is 1.93 bits per heavy atom. The third-order valence-corrected chi connectivity index (χ3v) is 5.92. The Morgan fingerprint density at radius 3 is 2.62 bits per heavy atom. The van der Waals surface area contributed by atoms with Crippen LogP contribution in [0.15, 0.2) is 58.9 Å². The number of carbonyl (C=O) groups excluding carboxylic acids is 2. The largest absolute Gasteiger partial charge is 0.358 e. The maximum Gasteiger partial charge on any atom is 0.270 e. The fourth-order valence-electron chi connectivity index (χ4n) is 2.37. The van der Waals surface area contributed by atoms with Gasteiger partial charge in [0.1, 0.15) is 10.7 Å². The van der Waals surface area contributed by atoms with Gasteiger partial charge in [0, 0.05) is 30.3 Å². The monoisotopic (exact) mass is 428 g/mol. The molecule has 29 heavy (non-hydrogen) atoms. The summed E-state index contributed by atoms with van der Waals surface area (Å²) in [6.45, 7) is 0. The van der Waals surface area contributed by atoms with Crippen molar-refractivity contribution in [2.24, 2.45) is 0 Å². The highest BCUT2D eigenvalue weighted by Crippen LogP contribution is 2.37. The number of thiazole rings is 1. The summed E-state index contributed by atoms with van der Waals surface area (Å²) < 4.78 is 0.627. The summed E-state index contributed by atoms with van der Waals surface area (Å²) in [5, 5.41) is 16.8. The van der Waals surface area contributed by atoms with Crippen LogP contribution in [0.3, 0.4) is 0 Å². The molecule has 2 aromatic carbocycles. The Bertz CT molecular complexity index is 1050. The minimum absolute atomic E-state index is 0.131. The van der Waals surface area contributed by atoms with Gasteiger partial charge in [0.25, 0.3) is 11.6 Å². The van der Waals surface area contributed by atoms with E-state index < -0.39 is 10.8 Å². The van der Waals surface area contributed by atoms with Crippen LogP contribution in [0.4, 0.5) is 10.7 Å². The molecule has 0 saturated heterocycles. The molecular formula is C19H16N4O4S2. The quantitative estimate of drug-likeness (QED) is 0.336. The number of nitro groups is 1. The van der Waals surface area contributed by atoms with Crippen molar-refractivity contribution < 1.29 is 14.5 Å². The molecule has 0 atom stereocenters. The number of nitro benzene ring substituents is 1. The maximum absolute atomic E-state index is 12.7. The highest BCUT2D eigenvalue weighted by atomic mass is 32.2. The number of nitrogens with zero attached hydrogens (tertiary/aromatic N) is 2. The molecule has 3 rings (SSSR count). The van der Waals surface area contributed by atoms with Crippen LogP contribution in [0.25, 0.3) is 11.3 Å². The smallest absolute Gasteiger partial charge is 0.270 e. The van der Waals surface area contributed by atoms with Crippen LogP contribution in [-0.2, 0) is 4.79 Å². The molecular weight excluding hydrogens is 412 g/mol. The first-order chi connectivity index (χ1) is 14.0. The van der Waals surface area contributed by atoms with Crippen molar-refractivity contribution in [1.82, 2.24) is 10.3 Å². The van der Waals surface area contributed by atoms with Gasteiger partial charge < -0.3 is 10.6 Å². The van der Waals surface area contributed by atoms with E-state index in [9.17, 15) is 19.7 Å². The molecule has 10 heteroatoms. The Labute approximate surface area is 174 Å². The molecule has 2 N–H and O–H groups in total. The molecule has 0 aliphatic heterocycles. The number of nitrogens with one attached hydrogen (secondary N) is 2. The fraction of sp³-hybridized carbons (Fsp3) is 0.105. The van der Waals surface area contributed by atoms with Crippen molar-refractivity contribution in [3.8, 4) is 11.3 Å². The molecule has 3 aromatic rings. The van der Waals surface area contributed by atoms with Gasteiger partial charge in [0.2, 0.25) is 5.91 Å². The number of non-ortho nitro benzene ring substituents is 1. The van der Waals surface area contributed by atoms with Gasteiger partial charge in [-0.3, -0.25) is 19.7 Å². The number of carbonyl (C=O) groups is 2. The third-order valence-electron chi connectivity index (χ3n) is 3.81. The second-order valence-electron chi connectivity index (χ2n) is 5.75. The summed E-state index contributed by atoms with van der Waals surface area (Å²) in [5.41, 5.74) is 1.40. The summed E-state index contributed by atoms with van der Waals surface area (Å²) >= 11 is 2.51. The van der Waals surface area contributed by atoms with Crippen molar-refractivity contribution >= 4 is 45.6 Å². The van der Waals surface area contributed by atoms with Gasteiger partial charge in [-0.2, -0.15) is 0 Å². The van der Waals surface area contributed by atoms with Gasteiger partial charge in [0.15, 0.2) is 4.34 Å². The summed E-state index contributed by atoms with van der Waals surface area (Å²) in [4.78, 5) is 39.2. The minimum Gasteiger partial charge on any atom is -0.358 e. The maximum atomic E-state index is 12.7. The number of rotatable bonds is 7.